The molecule has 1 aliphatic rings. The largest absolute Gasteiger partial charge is 0.496 e. The quantitative estimate of drug-likeness (QED) is 0.639. The van der Waals surface area contributed by atoms with Crippen LogP contribution in [0.25, 0.3) is 0 Å². The van der Waals surface area contributed by atoms with Gasteiger partial charge in [0.2, 0.25) is 0 Å². The number of hydrogen-bond donors (Lipinski definition) is 0. The summed E-state index contributed by atoms with van der Waals surface area (Å²) in [6.07, 6.45) is 4.96. The number of ether oxygens (including phenoxy) is 2. The second kappa shape index (κ2) is 4.49. The maximum atomic E-state index is 11.2. The molecule has 3 heteroatoms. The van der Waals surface area contributed by atoms with Crippen LogP contribution in [-0.2, 0) is 14.3 Å². The molecular formula is C11H12O3. The number of rotatable bonds is 3. The summed E-state index contributed by atoms with van der Waals surface area (Å²) in [5.74, 6) is 1.03. The first-order valence-electron chi connectivity index (χ1n) is 4.17. The predicted molar refractivity (Wildman–Crippen MR) is 52.5 cm³/mol. The molecule has 0 aromatic rings. The highest BCUT2D eigenvalue weighted by Gasteiger charge is 2.09. The summed E-state index contributed by atoms with van der Waals surface area (Å²) < 4.78 is 10.1. The lowest BCUT2D eigenvalue weighted by Gasteiger charge is -2.02. The monoisotopic (exact) mass is 192 g/mol. The van der Waals surface area contributed by atoms with Crippen LogP contribution in [0.15, 0.2) is 41.1 Å². The lowest BCUT2D eigenvalue weighted by molar-refractivity contribution is -0.113. The van der Waals surface area contributed by atoms with E-state index >= 15 is 0 Å². The third-order valence-corrected chi connectivity index (χ3v) is 1.83. The van der Waals surface area contributed by atoms with Gasteiger partial charge in [-0.3, -0.25) is 4.79 Å². The van der Waals surface area contributed by atoms with Crippen LogP contribution in [0.2, 0.25) is 0 Å². The van der Waals surface area contributed by atoms with Crippen LogP contribution in [0, 0.1) is 0 Å². The lowest BCUT2D eigenvalue weighted by Crippen LogP contribution is -1.98. The molecule has 0 bridgehead atoms. The molecule has 0 fully saturated rings. The van der Waals surface area contributed by atoms with Crippen LogP contribution >= 0.6 is 0 Å². The van der Waals surface area contributed by atoms with E-state index in [9.17, 15) is 4.79 Å². The van der Waals surface area contributed by atoms with Crippen molar-refractivity contribution >= 4 is 5.78 Å². The van der Waals surface area contributed by atoms with Gasteiger partial charge in [0, 0.05) is 0 Å². The van der Waals surface area contributed by atoms with Crippen molar-refractivity contribution in [2.24, 2.45) is 0 Å². The highest BCUT2D eigenvalue weighted by Crippen LogP contribution is 2.14. The van der Waals surface area contributed by atoms with Gasteiger partial charge in [0.1, 0.15) is 5.76 Å². The van der Waals surface area contributed by atoms with Crippen molar-refractivity contribution in [1.29, 1.82) is 0 Å². The first kappa shape index (κ1) is 10.4. The topological polar surface area (TPSA) is 35.5 Å². The van der Waals surface area contributed by atoms with Crippen LogP contribution in [0.1, 0.15) is 6.92 Å². The van der Waals surface area contributed by atoms with E-state index in [-0.39, 0.29) is 5.78 Å². The summed E-state index contributed by atoms with van der Waals surface area (Å²) in [6.45, 7) is 1.48. The molecule has 0 aromatic heterocycles. The molecule has 0 aromatic carbocycles. The molecular weight excluding hydrogens is 180 g/mol. The number of methoxy groups -OCH3 is 2. The Morgan fingerprint density at radius 1 is 1.29 bits per heavy atom. The maximum absolute atomic E-state index is 11.2. The fourth-order valence-electron chi connectivity index (χ4n) is 1.08. The summed E-state index contributed by atoms with van der Waals surface area (Å²) in [7, 11) is 3.07. The van der Waals surface area contributed by atoms with Crippen LogP contribution in [0.3, 0.4) is 0 Å². The van der Waals surface area contributed by atoms with Crippen LogP contribution in [0.4, 0.5) is 0 Å². The summed E-state index contributed by atoms with van der Waals surface area (Å²) in [5, 5.41) is 0. The summed E-state index contributed by atoms with van der Waals surface area (Å²) in [6, 6.07) is 0. The standard InChI is InChI=1S/C11H12O3/c1-8(12)10-6-4-9(13-2)5-7-11(10)14-3/h5-7H,1-3H3. The van der Waals surface area contributed by atoms with Crippen molar-refractivity contribution in [3.63, 3.8) is 0 Å². The minimum absolute atomic E-state index is 0.0589. The van der Waals surface area contributed by atoms with Crippen molar-refractivity contribution in [1.82, 2.24) is 0 Å². The third-order valence-electron chi connectivity index (χ3n) is 1.83. The van der Waals surface area contributed by atoms with E-state index in [2.05, 4.69) is 5.73 Å². The zero-order valence-corrected chi connectivity index (χ0v) is 8.46. The summed E-state index contributed by atoms with van der Waals surface area (Å²) in [5.41, 5.74) is 3.35. The second-order valence-electron chi connectivity index (χ2n) is 2.73. The van der Waals surface area contributed by atoms with Gasteiger partial charge in [0.25, 0.3) is 0 Å². The molecule has 0 saturated carbocycles. The molecule has 0 heterocycles. The van der Waals surface area contributed by atoms with Gasteiger partial charge in [0.15, 0.2) is 11.5 Å². The maximum Gasteiger partial charge on any atom is 0.164 e. The Morgan fingerprint density at radius 3 is 2.50 bits per heavy atom. The van der Waals surface area contributed by atoms with E-state index in [0.29, 0.717) is 17.1 Å². The van der Waals surface area contributed by atoms with Crippen molar-refractivity contribution in [3.05, 3.63) is 41.1 Å². The average molecular weight is 192 g/mol. The highest BCUT2D eigenvalue weighted by molar-refractivity contribution is 5.97. The van der Waals surface area contributed by atoms with Gasteiger partial charge in [0.05, 0.1) is 19.8 Å². The summed E-state index contributed by atoms with van der Waals surface area (Å²) >= 11 is 0. The number of ketones is 1. The Balaban J connectivity index is 3.17. The number of hydrogen-bond acceptors (Lipinski definition) is 3. The van der Waals surface area contributed by atoms with Crippen molar-refractivity contribution < 1.29 is 14.3 Å². The van der Waals surface area contributed by atoms with Gasteiger partial charge >= 0.3 is 0 Å². The van der Waals surface area contributed by atoms with E-state index in [1.54, 1.807) is 25.3 Å². The number of allylic oxidation sites excluding steroid dienone is 3. The number of carbonyl (C=O) groups is 1. The molecule has 3 nitrogen and oxygen atoms in total. The fourth-order valence-corrected chi connectivity index (χ4v) is 1.08. The first-order valence-corrected chi connectivity index (χ1v) is 4.17. The molecule has 0 unspecified atom stereocenters. The molecule has 0 amide bonds. The fraction of sp³-hybridized carbons (Fsp3) is 0.273. The Kier molecular flexibility index (Phi) is 3.32. The Bertz CT molecular complexity index is 366. The van der Waals surface area contributed by atoms with Gasteiger partial charge < -0.3 is 9.47 Å². The van der Waals surface area contributed by atoms with Crippen molar-refractivity contribution in [2.45, 2.75) is 6.92 Å². The molecule has 0 saturated heterocycles. The smallest absolute Gasteiger partial charge is 0.164 e. The Hall–Kier alpha value is -1.73. The molecule has 1 rings (SSSR count). The van der Waals surface area contributed by atoms with E-state index in [1.807, 2.05) is 0 Å². The van der Waals surface area contributed by atoms with Crippen molar-refractivity contribution in [2.75, 3.05) is 14.2 Å². The Labute approximate surface area is 83.0 Å². The van der Waals surface area contributed by atoms with Gasteiger partial charge in [-0.25, -0.2) is 0 Å². The highest BCUT2D eigenvalue weighted by atomic mass is 16.5. The van der Waals surface area contributed by atoms with E-state index in [4.69, 9.17) is 9.47 Å². The summed E-state index contributed by atoms with van der Waals surface area (Å²) in [4.78, 5) is 11.2. The van der Waals surface area contributed by atoms with Crippen LogP contribution in [0.5, 0.6) is 0 Å². The van der Waals surface area contributed by atoms with Gasteiger partial charge in [-0.05, 0) is 25.2 Å². The minimum atomic E-state index is -0.0589. The van der Waals surface area contributed by atoms with Gasteiger partial charge in [-0.15, -0.1) is 0 Å². The van der Waals surface area contributed by atoms with E-state index < -0.39 is 0 Å². The molecule has 0 N–H and O–H groups in total. The number of carbonyl (C=O) groups excluding carboxylic acids is 1. The van der Waals surface area contributed by atoms with Crippen LogP contribution < -0.4 is 0 Å². The molecule has 0 spiro atoms. The SMILES string of the molecule is COC1=C=CC(C(C)=O)=C(OC)C=C1. The third kappa shape index (κ3) is 2.15. The van der Waals surface area contributed by atoms with Crippen LogP contribution in [-0.4, -0.2) is 20.0 Å². The van der Waals surface area contributed by atoms with Crippen molar-refractivity contribution in [3.8, 4) is 0 Å². The Morgan fingerprint density at radius 2 is 2.00 bits per heavy atom. The lowest BCUT2D eigenvalue weighted by atomic mass is 10.1. The van der Waals surface area contributed by atoms with E-state index in [1.165, 1.54) is 14.0 Å². The molecule has 0 radical (unpaired) electrons. The zero-order valence-electron chi connectivity index (χ0n) is 8.46. The first-order chi connectivity index (χ1) is 6.69. The zero-order chi connectivity index (χ0) is 10.6. The molecule has 1 aliphatic carbocycles. The number of Topliss-reactive ketones (excluding diaryl/α,β-unsaturated/α-hetero) is 1. The molecule has 0 atom stereocenters. The minimum Gasteiger partial charge on any atom is -0.496 e. The normalized spacial score (nSPS) is 14.9. The van der Waals surface area contributed by atoms with Gasteiger partial charge in [-0.1, -0.05) is 5.73 Å². The average Bonchev–Trinajstić information content (AvgIpc) is 2.38. The molecule has 0 aliphatic heterocycles. The molecule has 14 heavy (non-hydrogen) atoms. The second-order valence-corrected chi connectivity index (χ2v) is 2.73. The van der Waals surface area contributed by atoms with E-state index in [0.717, 1.165) is 0 Å². The molecule has 74 valence electrons. The predicted octanol–water partition coefficient (Wildman–Crippen LogP) is 1.73. The van der Waals surface area contributed by atoms with Gasteiger partial charge in [-0.2, -0.15) is 0 Å².